The Balaban J connectivity index is 0.000000112. The second-order valence-corrected chi connectivity index (χ2v) is 33.7. The van der Waals surface area contributed by atoms with Crippen molar-refractivity contribution in [1.82, 2.24) is 9.97 Å². The zero-order chi connectivity index (χ0) is 68.4. The van der Waals surface area contributed by atoms with Gasteiger partial charge in [-0.05, 0) is 147 Å². The number of hydrogen-bond donors (Lipinski definition) is 0. The molecule has 15 aromatic carbocycles. The van der Waals surface area contributed by atoms with Crippen LogP contribution >= 0.6 is 21.4 Å². The summed E-state index contributed by atoms with van der Waals surface area (Å²) in [6.45, 7) is 9.75. The lowest BCUT2D eigenvalue weighted by Crippen LogP contribution is -2.16. The van der Waals surface area contributed by atoms with Crippen LogP contribution in [0.3, 0.4) is 0 Å². The SMILES string of the molecule is CP(=O)(c1ccc2ccccc2c1)c1ccc2ccccc2c1.CP(=O)(c1cccc2ccccc12)c1cccc2ccccc12.CP(=O)(c1ccccc1)c1ccccc1.Cc1cc(-c2ccc3ccccc3c2)c2ccccc2n1.Cc1cc(-c2ccccc2)nc2ccccc12. The van der Waals surface area contributed by atoms with Crippen LogP contribution in [-0.2, 0) is 13.7 Å². The number of para-hydroxylation sites is 2. The van der Waals surface area contributed by atoms with Crippen molar-refractivity contribution < 1.29 is 13.7 Å². The normalized spacial score (nSPS) is 11.4. The Morgan fingerprint density at radius 3 is 1.10 bits per heavy atom. The monoisotopic (exact) mass is 1340 g/mol. The van der Waals surface area contributed by atoms with Crippen molar-refractivity contribution in [2.24, 2.45) is 0 Å². The van der Waals surface area contributed by atoms with Gasteiger partial charge in [0, 0.05) is 53.9 Å². The van der Waals surface area contributed by atoms with E-state index in [4.69, 9.17) is 4.98 Å². The lowest BCUT2D eigenvalue weighted by Gasteiger charge is -2.18. The molecule has 0 radical (unpaired) electrons. The Morgan fingerprint density at radius 2 is 0.606 bits per heavy atom. The van der Waals surface area contributed by atoms with Crippen molar-refractivity contribution in [3.05, 3.63) is 375 Å². The van der Waals surface area contributed by atoms with E-state index in [-0.39, 0.29) is 0 Å². The van der Waals surface area contributed by atoms with Gasteiger partial charge in [0.25, 0.3) is 0 Å². The minimum atomic E-state index is -2.69. The summed E-state index contributed by atoms with van der Waals surface area (Å²) in [6, 6.07) is 123. The lowest BCUT2D eigenvalue weighted by atomic mass is 9.98. The van der Waals surface area contributed by atoms with Crippen LogP contribution in [0.25, 0.3) is 98.1 Å². The number of aryl methyl sites for hydroxylation is 2. The molecule has 0 amide bonds. The molecule has 0 bridgehead atoms. The van der Waals surface area contributed by atoms with E-state index in [2.05, 4.69) is 207 Å². The summed E-state index contributed by atoms with van der Waals surface area (Å²) >= 11 is 0. The summed E-state index contributed by atoms with van der Waals surface area (Å²) < 4.78 is 40.0. The van der Waals surface area contributed by atoms with Crippen LogP contribution in [0.4, 0.5) is 0 Å². The first-order chi connectivity index (χ1) is 48.2. The summed E-state index contributed by atoms with van der Waals surface area (Å²) in [7, 11) is -7.69. The molecule has 0 saturated heterocycles. The van der Waals surface area contributed by atoms with Crippen molar-refractivity contribution in [3.8, 4) is 22.4 Å². The van der Waals surface area contributed by atoms with Crippen LogP contribution < -0.4 is 31.8 Å². The molecule has 17 rings (SSSR count). The third kappa shape index (κ3) is 15.0. The fourth-order valence-electron chi connectivity index (χ4n) is 12.9. The molecule has 0 aliphatic heterocycles. The topological polar surface area (TPSA) is 77.0 Å². The van der Waals surface area contributed by atoms with Gasteiger partial charge in [-0.3, -0.25) is 4.98 Å². The fraction of sp³-hybridized carbons (Fsp3) is 0.0549. The van der Waals surface area contributed by atoms with Crippen LogP contribution in [0.15, 0.2) is 364 Å². The number of nitrogens with zero attached hydrogens (tertiary/aromatic N) is 2. The summed E-state index contributed by atoms with van der Waals surface area (Å²) in [4.78, 5) is 9.33. The Labute approximate surface area is 580 Å². The molecule has 0 saturated carbocycles. The molecular formula is C91H75N2O3P3. The molecule has 0 spiro atoms. The van der Waals surface area contributed by atoms with Crippen LogP contribution in [0, 0.1) is 13.8 Å². The van der Waals surface area contributed by atoms with Crippen molar-refractivity contribution in [3.63, 3.8) is 0 Å². The average molecular weight is 1340 g/mol. The van der Waals surface area contributed by atoms with E-state index in [1.807, 2.05) is 196 Å². The molecule has 0 fully saturated rings. The van der Waals surface area contributed by atoms with Gasteiger partial charge in [0.05, 0.1) is 16.7 Å². The highest BCUT2D eigenvalue weighted by Gasteiger charge is 2.26. The minimum absolute atomic E-state index is 0.909. The molecule has 0 unspecified atom stereocenters. The van der Waals surface area contributed by atoms with E-state index >= 15 is 0 Å². The summed E-state index contributed by atoms with van der Waals surface area (Å²) in [5.74, 6) is 0. The highest BCUT2D eigenvalue weighted by molar-refractivity contribution is 7.79. The van der Waals surface area contributed by atoms with Gasteiger partial charge < -0.3 is 13.7 Å². The van der Waals surface area contributed by atoms with Crippen molar-refractivity contribution >= 4 is 129 Å². The number of hydrogen-bond acceptors (Lipinski definition) is 5. The Hall–Kier alpha value is -10.9. The van der Waals surface area contributed by atoms with E-state index in [0.29, 0.717) is 0 Å². The molecule has 0 aliphatic carbocycles. The van der Waals surface area contributed by atoms with Crippen LogP contribution in [-0.4, -0.2) is 30.0 Å². The van der Waals surface area contributed by atoms with Gasteiger partial charge in [-0.25, -0.2) is 4.98 Å². The second kappa shape index (κ2) is 29.8. The minimum Gasteiger partial charge on any atom is -0.314 e. The molecule has 482 valence electrons. The average Bonchev–Trinajstić information content (AvgIpc) is 0.773. The predicted octanol–water partition coefficient (Wildman–Crippen LogP) is 22.1. The van der Waals surface area contributed by atoms with E-state index in [9.17, 15) is 13.7 Å². The molecule has 2 heterocycles. The Bertz CT molecular complexity index is 5660. The maximum atomic E-state index is 13.8. The third-order valence-electron chi connectivity index (χ3n) is 18.3. The first-order valence-electron chi connectivity index (χ1n) is 33.3. The summed E-state index contributed by atoms with van der Waals surface area (Å²) in [6.07, 6.45) is 0. The number of rotatable bonds is 8. The third-order valence-corrected chi connectivity index (χ3v) is 26.0. The van der Waals surface area contributed by atoms with Crippen LogP contribution in [0.5, 0.6) is 0 Å². The quantitative estimate of drug-likeness (QED) is 0.142. The standard InChI is InChI=1S/2C21H17OP.C20H15N.C16H13N.C13H13OP/c1-23(22,20-14-6-10-16-8-2-4-12-18(16)20)21-15-7-11-17-9-3-5-13-19(17)21;1-23(22,20-12-10-16-6-2-4-8-18(16)14-20)21-13-11-17-7-3-5-9-19(17)15-21;1-14-12-19(18-8-4-5-9-20(18)21-14)17-11-10-15-6-2-3-7-16(15)13-17;1-12-11-16(13-7-3-2-4-8-13)17-15-10-6-5-9-14(12)15;1-15(14,12-8-4-2-5-9-12)13-10-6-3-7-11-13/h2*2-15H,1H3;2-13H,1H3;2-11H,1H3;2-11H,1H3. The predicted molar refractivity (Wildman–Crippen MR) is 428 cm³/mol. The van der Waals surface area contributed by atoms with E-state index < -0.39 is 21.4 Å². The highest BCUT2D eigenvalue weighted by Crippen LogP contribution is 2.44. The number of fused-ring (bicyclic) bond motifs is 7. The molecule has 17 aromatic rings. The zero-order valence-electron chi connectivity index (χ0n) is 56.1. The zero-order valence-corrected chi connectivity index (χ0v) is 58.8. The maximum Gasteiger partial charge on any atom is 0.141 e. The highest BCUT2D eigenvalue weighted by atomic mass is 31.2. The summed E-state index contributed by atoms with van der Waals surface area (Å²) in [5.41, 5.74) is 9.15. The van der Waals surface area contributed by atoms with E-state index in [1.165, 1.54) is 54.6 Å². The van der Waals surface area contributed by atoms with Crippen molar-refractivity contribution in [2.45, 2.75) is 13.8 Å². The molecule has 99 heavy (non-hydrogen) atoms. The smallest absolute Gasteiger partial charge is 0.141 e. The molecule has 5 nitrogen and oxygen atoms in total. The van der Waals surface area contributed by atoms with E-state index in [1.54, 1.807) is 0 Å². The van der Waals surface area contributed by atoms with Crippen molar-refractivity contribution in [1.29, 1.82) is 0 Å². The summed E-state index contributed by atoms with van der Waals surface area (Å²) in [5, 5.41) is 19.5. The van der Waals surface area contributed by atoms with Gasteiger partial charge >= 0.3 is 0 Å². The Morgan fingerprint density at radius 1 is 0.242 bits per heavy atom. The Kier molecular flexibility index (Phi) is 20.1. The molecule has 0 aliphatic rings. The van der Waals surface area contributed by atoms with Crippen LogP contribution in [0.1, 0.15) is 11.3 Å². The van der Waals surface area contributed by atoms with Gasteiger partial charge in [0.1, 0.15) is 21.4 Å². The van der Waals surface area contributed by atoms with E-state index in [0.717, 1.165) is 86.6 Å². The van der Waals surface area contributed by atoms with Gasteiger partial charge in [-0.2, -0.15) is 0 Å². The lowest BCUT2D eigenvalue weighted by molar-refractivity contribution is 0.589. The second-order valence-electron chi connectivity index (χ2n) is 25.1. The molecule has 0 atom stereocenters. The molecule has 2 aromatic heterocycles. The number of benzene rings is 15. The first-order valence-corrected chi connectivity index (χ1v) is 39.7. The maximum absolute atomic E-state index is 13.8. The van der Waals surface area contributed by atoms with Crippen LogP contribution in [0.2, 0.25) is 0 Å². The molecule has 0 N–H and O–H groups in total. The van der Waals surface area contributed by atoms with Crippen molar-refractivity contribution in [2.75, 3.05) is 20.0 Å². The largest absolute Gasteiger partial charge is 0.314 e. The van der Waals surface area contributed by atoms with Gasteiger partial charge in [0.2, 0.25) is 0 Å². The first kappa shape index (κ1) is 66.7. The number of aromatic nitrogens is 2. The van der Waals surface area contributed by atoms with Gasteiger partial charge in [0.15, 0.2) is 0 Å². The number of pyridine rings is 2. The fourth-order valence-corrected chi connectivity index (χ4v) is 18.8. The van der Waals surface area contributed by atoms with Gasteiger partial charge in [-0.15, -0.1) is 0 Å². The molecular weight excluding hydrogens is 1260 g/mol. The molecule has 8 heteroatoms. The van der Waals surface area contributed by atoms with Gasteiger partial charge in [-0.1, -0.05) is 322 Å².